The molecule has 8 heteroatoms. The number of carbonyl (C=O) groups excluding carboxylic acids is 1. The molecule has 0 radical (unpaired) electrons. The second-order valence-electron chi connectivity index (χ2n) is 6.83. The third kappa shape index (κ3) is 3.85. The van der Waals surface area contributed by atoms with Crippen molar-refractivity contribution in [2.75, 3.05) is 13.1 Å². The Morgan fingerprint density at radius 3 is 2.67 bits per heavy atom. The van der Waals surface area contributed by atoms with Crippen LogP contribution in [0.4, 0.5) is 0 Å². The van der Waals surface area contributed by atoms with E-state index >= 15 is 0 Å². The molecule has 0 saturated carbocycles. The topological polar surface area (TPSA) is 80.0 Å². The Kier molecular flexibility index (Phi) is 5.83. The predicted molar refractivity (Wildman–Crippen MR) is 110 cm³/mol. The molecule has 3 aromatic rings. The summed E-state index contributed by atoms with van der Waals surface area (Å²) in [5, 5.41) is 11.2. The third-order valence-electron chi connectivity index (χ3n) is 4.85. The number of aryl methyl sites for hydroxylation is 3. The number of halogens is 1. The molecule has 1 aliphatic heterocycles. The van der Waals surface area contributed by atoms with Gasteiger partial charge in [-0.1, -0.05) is 5.16 Å². The monoisotopic (exact) mass is 406 g/mol. The molecule has 4 rings (SSSR count). The van der Waals surface area contributed by atoms with Crippen LogP contribution in [0.1, 0.15) is 38.6 Å². The number of hydrogen-bond acceptors (Lipinski definition) is 6. The Hall–Kier alpha value is -1.96. The molecule has 0 spiro atoms. The SMILES string of the molecule is Cc1cc(-c2cc(C(=O)NC3CCNCC3)c3c(C)noc3n2)c(C)s1.Cl. The first kappa shape index (κ1) is 19.8. The second kappa shape index (κ2) is 7.96. The average molecular weight is 407 g/mol. The highest BCUT2D eigenvalue weighted by Crippen LogP contribution is 2.32. The van der Waals surface area contributed by atoms with Gasteiger partial charge in [0, 0.05) is 21.4 Å². The van der Waals surface area contributed by atoms with Crippen LogP contribution in [0.15, 0.2) is 16.7 Å². The fourth-order valence-corrected chi connectivity index (χ4v) is 4.46. The number of fused-ring (bicyclic) bond motifs is 1. The van der Waals surface area contributed by atoms with E-state index in [0.717, 1.165) is 37.2 Å². The van der Waals surface area contributed by atoms with Crippen molar-refractivity contribution in [3.63, 3.8) is 0 Å². The van der Waals surface area contributed by atoms with Crippen LogP contribution in [0.5, 0.6) is 0 Å². The van der Waals surface area contributed by atoms with E-state index in [1.54, 1.807) is 11.3 Å². The molecule has 1 fully saturated rings. The summed E-state index contributed by atoms with van der Waals surface area (Å²) in [6.07, 6.45) is 1.89. The van der Waals surface area contributed by atoms with Gasteiger partial charge in [0.25, 0.3) is 11.6 Å². The van der Waals surface area contributed by atoms with Gasteiger partial charge in [-0.3, -0.25) is 4.79 Å². The maximum absolute atomic E-state index is 13.0. The first-order valence-corrected chi connectivity index (χ1v) is 9.70. The van der Waals surface area contributed by atoms with Gasteiger partial charge in [0.2, 0.25) is 0 Å². The smallest absolute Gasteiger partial charge is 0.259 e. The number of piperidine rings is 1. The molecule has 144 valence electrons. The first-order chi connectivity index (χ1) is 12.5. The molecule has 0 unspecified atom stereocenters. The summed E-state index contributed by atoms with van der Waals surface area (Å²) in [7, 11) is 0. The molecule has 1 aliphatic rings. The number of hydrogen-bond donors (Lipinski definition) is 2. The molecule has 0 bridgehead atoms. The number of pyridine rings is 1. The van der Waals surface area contributed by atoms with Gasteiger partial charge in [-0.15, -0.1) is 23.7 Å². The predicted octanol–water partition coefficient (Wildman–Crippen LogP) is 3.78. The largest absolute Gasteiger partial charge is 0.349 e. The molecule has 1 amide bonds. The number of rotatable bonds is 3. The van der Waals surface area contributed by atoms with Crippen molar-refractivity contribution in [1.82, 2.24) is 20.8 Å². The lowest BCUT2D eigenvalue weighted by Crippen LogP contribution is -2.42. The van der Waals surface area contributed by atoms with Crippen LogP contribution in [-0.2, 0) is 0 Å². The lowest BCUT2D eigenvalue weighted by Gasteiger charge is -2.23. The van der Waals surface area contributed by atoms with E-state index in [0.29, 0.717) is 22.4 Å². The molecule has 6 nitrogen and oxygen atoms in total. The Balaban J connectivity index is 0.00000210. The summed E-state index contributed by atoms with van der Waals surface area (Å²) >= 11 is 1.72. The number of carbonyl (C=O) groups is 1. The second-order valence-corrected chi connectivity index (χ2v) is 8.29. The van der Waals surface area contributed by atoms with Crippen molar-refractivity contribution in [2.45, 2.75) is 39.7 Å². The standard InChI is InChI=1S/C19H22N4O2S.ClH/c1-10-8-14(12(3)26-10)16-9-15(17-11(2)23-25-19(17)22-16)18(24)21-13-4-6-20-7-5-13;/h8-9,13,20H,4-7H2,1-3H3,(H,21,24);1H. The Labute approximate surface area is 168 Å². The van der Waals surface area contributed by atoms with Gasteiger partial charge in [-0.05, 0) is 58.8 Å². The van der Waals surface area contributed by atoms with Gasteiger partial charge in [0.1, 0.15) is 0 Å². The minimum Gasteiger partial charge on any atom is -0.349 e. The van der Waals surface area contributed by atoms with Crippen LogP contribution in [0.25, 0.3) is 22.4 Å². The fourth-order valence-electron chi connectivity index (χ4n) is 3.53. The highest BCUT2D eigenvalue weighted by atomic mass is 35.5. The average Bonchev–Trinajstić information content (AvgIpc) is 3.17. The zero-order valence-electron chi connectivity index (χ0n) is 15.6. The van der Waals surface area contributed by atoms with Gasteiger partial charge < -0.3 is 15.2 Å². The minimum absolute atomic E-state index is 0. The van der Waals surface area contributed by atoms with E-state index in [2.05, 4.69) is 40.7 Å². The summed E-state index contributed by atoms with van der Waals surface area (Å²) in [6.45, 7) is 7.85. The highest BCUT2D eigenvalue weighted by Gasteiger charge is 2.23. The molecular formula is C19H23ClN4O2S. The van der Waals surface area contributed by atoms with Gasteiger partial charge >= 0.3 is 0 Å². The quantitative estimate of drug-likeness (QED) is 0.691. The van der Waals surface area contributed by atoms with Crippen molar-refractivity contribution in [3.05, 3.63) is 33.1 Å². The number of thiophene rings is 1. The number of amides is 1. The van der Waals surface area contributed by atoms with Crippen LogP contribution in [0.3, 0.4) is 0 Å². The van der Waals surface area contributed by atoms with E-state index in [9.17, 15) is 4.79 Å². The summed E-state index contributed by atoms with van der Waals surface area (Å²) < 4.78 is 5.39. The fraction of sp³-hybridized carbons (Fsp3) is 0.421. The van der Waals surface area contributed by atoms with Crippen molar-refractivity contribution >= 4 is 40.8 Å². The molecular weight excluding hydrogens is 384 g/mol. The maximum Gasteiger partial charge on any atom is 0.259 e. The van der Waals surface area contributed by atoms with Crippen LogP contribution in [-0.4, -0.2) is 35.2 Å². The normalized spacial score (nSPS) is 14.9. The zero-order valence-corrected chi connectivity index (χ0v) is 17.2. The molecule has 0 aromatic carbocycles. The molecule has 2 N–H and O–H groups in total. The van der Waals surface area contributed by atoms with E-state index in [1.165, 1.54) is 9.75 Å². The van der Waals surface area contributed by atoms with Crippen molar-refractivity contribution < 1.29 is 9.32 Å². The zero-order chi connectivity index (χ0) is 18.3. The minimum atomic E-state index is -0.0820. The Morgan fingerprint density at radius 1 is 1.26 bits per heavy atom. The Bertz CT molecular complexity index is 976. The third-order valence-corrected chi connectivity index (χ3v) is 5.82. The van der Waals surface area contributed by atoms with Crippen molar-refractivity contribution in [2.24, 2.45) is 0 Å². The maximum atomic E-state index is 13.0. The van der Waals surface area contributed by atoms with E-state index in [-0.39, 0.29) is 24.4 Å². The highest BCUT2D eigenvalue weighted by molar-refractivity contribution is 7.12. The molecule has 27 heavy (non-hydrogen) atoms. The van der Waals surface area contributed by atoms with Crippen molar-refractivity contribution in [1.29, 1.82) is 0 Å². The summed E-state index contributed by atoms with van der Waals surface area (Å²) in [5.41, 5.74) is 3.49. The molecule has 4 heterocycles. The van der Waals surface area contributed by atoms with Crippen LogP contribution in [0.2, 0.25) is 0 Å². The summed E-state index contributed by atoms with van der Waals surface area (Å²) in [4.78, 5) is 20.0. The van der Waals surface area contributed by atoms with Gasteiger partial charge in [0.05, 0.1) is 22.3 Å². The Morgan fingerprint density at radius 2 is 2.00 bits per heavy atom. The van der Waals surface area contributed by atoms with E-state index in [4.69, 9.17) is 4.52 Å². The molecule has 1 saturated heterocycles. The van der Waals surface area contributed by atoms with E-state index < -0.39 is 0 Å². The van der Waals surface area contributed by atoms with Crippen LogP contribution >= 0.6 is 23.7 Å². The molecule has 3 aromatic heterocycles. The van der Waals surface area contributed by atoms with Crippen LogP contribution < -0.4 is 10.6 Å². The van der Waals surface area contributed by atoms with Gasteiger partial charge in [-0.25, -0.2) is 4.98 Å². The van der Waals surface area contributed by atoms with Gasteiger partial charge in [-0.2, -0.15) is 0 Å². The van der Waals surface area contributed by atoms with E-state index in [1.807, 2.05) is 13.0 Å². The first-order valence-electron chi connectivity index (χ1n) is 8.89. The molecule has 0 atom stereocenters. The van der Waals surface area contributed by atoms with Crippen LogP contribution in [0, 0.1) is 20.8 Å². The molecule has 0 aliphatic carbocycles. The number of aromatic nitrogens is 2. The number of nitrogens with zero attached hydrogens (tertiary/aromatic N) is 2. The summed E-state index contributed by atoms with van der Waals surface area (Å²) in [5.74, 6) is -0.0820. The number of nitrogens with one attached hydrogen (secondary N) is 2. The van der Waals surface area contributed by atoms with Crippen molar-refractivity contribution in [3.8, 4) is 11.3 Å². The lowest BCUT2D eigenvalue weighted by molar-refractivity contribution is 0.0931. The lowest BCUT2D eigenvalue weighted by atomic mass is 10.0. The van der Waals surface area contributed by atoms with Gasteiger partial charge in [0.15, 0.2) is 0 Å². The summed E-state index contributed by atoms with van der Waals surface area (Å²) in [6, 6.07) is 4.17.